The van der Waals surface area contributed by atoms with Crippen molar-refractivity contribution in [2.24, 2.45) is 0 Å². The van der Waals surface area contributed by atoms with Gasteiger partial charge in [-0.25, -0.2) is 9.59 Å². The van der Waals surface area contributed by atoms with E-state index in [0.29, 0.717) is 5.56 Å². The molecule has 0 saturated heterocycles. The van der Waals surface area contributed by atoms with Gasteiger partial charge < -0.3 is 20.1 Å². The Morgan fingerprint density at radius 3 is 2.06 bits per heavy atom. The number of aryl methyl sites for hydroxylation is 1. The molecule has 0 spiro atoms. The maximum atomic E-state index is 11.0. The maximum Gasteiger partial charge on any atom is 0.340 e. The summed E-state index contributed by atoms with van der Waals surface area (Å²) in [6.07, 6.45) is 0. The number of carboxylic acid groups (broad SMARTS) is 2. The van der Waals surface area contributed by atoms with Gasteiger partial charge >= 0.3 is 11.9 Å². The van der Waals surface area contributed by atoms with Crippen LogP contribution in [0.1, 0.15) is 26.3 Å². The lowest BCUT2D eigenvalue weighted by Gasteiger charge is -2.12. The topological polar surface area (TPSA) is 104 Å². The fraction of sp³-hybridized carbons (Fsp3) is 0.200. The summed E-state index contributed by atoms with van der Waals surface area (Å²) in [5.41, 5.74) is -0.871. The molecule has 0 amide bonds. The molecule has 0 fully saturated rings. The third kappa shape index (κ3) is 1.77. The van der Waals surface area contributed by atoms with Crippen LogP contribution in [0.2, 0.25) is 0 Å². The molecule has 0 bridgehead atoms. The molecule has 86 valence electrons. The van der Waals surface area contributed by atoms with E-state index in [1.54, 1.807) is 0 Å². The quantitative estimate of drug-likeness (QED) is 0.713. The molecule has 3 N–H and O–H groups in total. The van der Waals surface area contributed by atoms with E-state index < -0.39 is 28.8 Å². The van der Waals surface area contributed by atoms with Gasteiger partial charge in [0.25, 0.3) is 0 Å². The van der Waals surface area contributed by atoms with E-state index in [0.717, 1.165) is 6.07 Å². The lowest BCUT2D eigenvalue weighted by Crippen LogP contribution is -2.11. The smallest absolute Gasteiger partial charge is 0.340 e. The third-order valence-electron chi connectivity index (χ3n) is 2.08. The zero-order valence-corrected chi connectivity index (χ0v) is 8.64. The largest absolute Gasteiger partial charge is 0.507 e. The Morgan fingerprint density at radius 1 is 1.19 bits per heavy atom. The Bertz CT molecular complexity index is 463. The van der Waals surface area contributed by atoms with Crippen LogP contribution in [0.15, 0.2) is 6.07 Å². The van der Waals surface area contributed by atoms with Crippen molar-refractivity contribution in [3.8, 4) is 11.5 Å². The summed E-state index contributed by atoms with van der Waals surface area (Å²) in [4.78, 5) is 21.8. The van der Waals surface area contributed by atoms with Crippen molar-refractivity contribution in [2.75, 3.05) is 7.11 Å². The van der Waals surface area contributed by atoms with Crippen LogP contribution in [-0.2, 0) is 0 Å². The minimum Gasteiger partial charge on any atom is -0.507 e. The minimum atomic E-state index is -1.52. The fourth-order valence-electron chi connectivity index (χ4n) is 1.47. The van der Waals surface area contributed by atoms with Crippen LogP contribution in [0.4, 0.5) is 0 Å². The summed E-state index contributed by atoms with van der Waals surface area (Å²) >= 11 is 0. The number of benzene rings is 1. The molecule has 0 atom stereocenters. The van der Waals surface area contributed by atoms with Gasteiger partial charge in [-0.05, 0) is 18.6 Å². The summed E-state index contributed by atoms with van der Waals surface area (Å²) in [5, 5.41) is 27.2. The van der Waals surface area contributed by atoms with E-state index in [1.807, 2.05) is 0 Å². The number of ether oxygens (including phenoxy) is 1. The SMILES string of the molecule is COc1c(C)cc(O)c(C(=O)O)c1C(=O)O. The van der Waals surface area contributed by atoms with E-state index in [-0.39, 0.29) is 5.75 Å². The zero-order chi connectivity index (χ0) is 12.5. The van der Waals surface area contributed by atoms with E-state index in [1.165, 1.54) is 14.0 Å². The minimum absolute atomic E-state index is 0.0669. The number of hydrogen-bond donors (Lipinski definition) is 3. The Hall–Kier alpha value is -2.24. The molecule has 0 aliphatic heterocycles. The van der Waals surface area contributed by atoms with Crippen molar-refractivity contribution in [2.45, 2.75) is 6.92 Å². The molecular weight excluding hydrogens is 216 g/mol. The monoisotopic (exact) mass is 226 g/mol. The predicted octanol–water partition coefficient (Wildman–Crippen LogP) is 1.11. The number of hydrogen-bond acceptors (Lipinski definition) is 4. The molecule has 1 aromatic rings. The van der Waals surface area contributed by atoms with Gasteiger partial charge in [0.1, 0.15) is 22.6 Å². The van der Waals surface area contributed by atoms with Gasteiger partial charge in [0.2, 0.25) is 0 Å². The van der Waals surface area contributed by atoms with Crippen molar-refractivity contribution in [1.82, 2.24) is 0 Å². The second kappa shape index (κ2) is 4.09. The van der Waals surface area contributed by atoms with Crippen LogP contribution >= 0.6 is 0 Å². The van der Waals surface area contributed by atoms with Crippen LogP contribution in [0.3, 0.4) is 0 Å². The average Bonchev–Trinajstić information content (AvgIpc) is 2.15. The lowest BCUT2D eigenvalue weighted by atomic mass is 10.0. The highest BCUT2D eigenvalue weighted by molar-refractivity contribution is 6.06. The molecule has 16 heavy (non-hydrogen) atoms. The second-order valence-corrected chi connectivity index (χ2v) is 3.11. The van der Waals surface area contributed by atoms with Gasteiger partial charge in [0.05, 0.1) is 7.11 Å². The molecule has 0 heterocycles. The lowest BCUT2D eigenvalue weighted by molar-refractivity contribution is 0.0645. The van der Waals surface area contributed by atoms with Gasteiger partial charge in [0.15, 0.2) is 0 Å². The zero-order valence-electron chi connectivity index (χ0n) is 8.64. The van der Waals surface area contributed by atoms with Crippen molar-refractivity contribution >= 4 is 11.9 Å². The molecule has 6 heteroatoms. The van der Waals surface area contributed by atoms with Gasteiger partial charge in [-0.3, -0.25) is 0 Å². The number of methoxy groups -OCH3 is 1. The Kier molecular flexibility index (Phi) is 3.03. The van der Waals surface area contributed by atoms with Crippen LogP contribution in [0.25, 0.3) is 0 Å². The molecule has 1 rings (SSSR count). The first-order valence-electron chi connectivity index (χ1n) is 4.27. The number of rotatable bonds is 3. The summed E-state index contributed by atoms with van der Waals surface area (Å²) in [5.74, 6) is -3.65. The van der Waals surface area contributed by atoms with E-state index in [2.05, 4.69) is 0 Å². The number of carboxylic acids is 2. The van der Waals surface area contributed by atoms with Gasteiger partial charge in [-0.2, -0.15) is 0 Å². The van der Waals surface area contributed by atoms with Crippen molar-refractivity contribution in [3.63, 3.8) is 0 Å². The standard InChI is InChI=1S/C10H10O6/c1-4-3-5(11)6(9(12)13)7(10(14)15)8(4)16-2/h3,11H,1-2H3,(H,12,13)(H,14,15). The fourth-order valence-corrected chi connectivity index (χ4v) is 1.47. The molecule has 0 saturated carbocycles. The first-order chi connectivity index (χ1) is 7.40. The predicted molar refractivity (Wildman–Crippen MR) is 53.3 cm³/mol. The Labute approximate surface area is 90.7 Å². The first-order valence-corrected chi connectivity index (χ1v) is 4.27. The van der Waals surface area contributed by atoms with Gasteiger partial charge in [0, 0.05) is 0 Å². The summed E-state index contributed by atoms with van der Waals surface area (Å²) in [6.45, 7) is 1.51. The van der Waals surface area contributed by atoms with Crippen LogP contribution in [0, 0.1) is 6.92 Å². The second-order valence-electron chi connectivity index (χ2n) is 3.11. The summed E-state index contributed by atoms with van der Waals surface area (Å²) in [7, 11) is 1.23. The van der Waals surface area contributed by atoms with Gasteiger partial charge in [-0.15, -0.1) is 0 Å². The normalized spacial score (nSPS) is 9.88. The number of carbonyl (C=O) groups is 2. The van der Waals surface area contributed by atoms with E-state index in [4.69, 9.17) is 14.9 Å². The van der Waals surface area contributed by atoms with Gasteiger partial charge in [-0.1, -0.05) is 0 Å². The number of aromatic carboxylic acids is 2. The highest BCUT2D eigenvalue weighted by atomic mass is 16.5. The summed E-state index contributed by atoms with van der Waals surface area (Å²) < 4.78 is 4.83. The van der Waals surface area contributed by atoms with E-state index in [9.17, 15) is 14.7 Å². The molecule has 0 aromatic heterocycles. The van der Waals surface area contributed by atoms with Crippen molar-refractivity contribution in [3.05, 3.63) is 22.8 Å². The van der Waals surface area contributed by atoms with Crippen molar-refractivity contribution < 1.29 is 29.6 Å². The van der Waals surface area contributed by atoms with Crippen molar-refractivity contribution in [1.29, 1.82) is 0 Å². The molecule has 1 aromatic carbocycles. The molecule has 0 radical (unpaired) electrons. The molecule has 6 nitrogen and oxygen atoms in total. The molecule has 0 unspecified atom stereocenters. The summed E-state index contributed by atoms with van der Waals surface area (Å²) in [6, 6.07) is 1.15. The molecule has 0 aliphatic carbocycles. The number of aromatic hydroxyl groups is 1. The van der Waals surface area contributed by atoms with E-state index >= 15 is 0 Å². The Balaban J connectivity index is 3.72. The average molecular weight is 226 g/mol. The van der Waals surface area contributed by atoms with Crippen LogP contribution < -0.4 is 4.74 Å². The third-order valence-corrected chi connectivity index (χ3v) is 2.08. The highest BCUT2D eigenvalue weighted by Gasteiger charge is 2.26. The molecule has 0 aliphatic rings. The molecular formula is C10H10O6. The Morgan fingerprint density at radius 2 is 1.69 bits per heavy atom. The van der Waals surface area contributed by atoms with Crippen LogP contribution in [0.5, 0.6) is 11.5 Å². The number of phenols is 1. The van der Waals surface area contributed by atoms with Crippen LogP contribution in [-0.4, -0.2) is 34.4 Å². The first kappa shape index (κ1) is 11.8. The highest BCUT2D eigenvalue weighted by Crippen LogP contribution is 2.33. The maximum absolute atomic E-state index is 11.0.